The number of para-hydroxylation sites is 2. The van der Waals surface area contributed by atoms with Gasteiger partial charge >= 0.3 is 0 Å². The van der Waals surface area contributed by atoms with E-state index in [2.05, 4.69) is 22.5 Å². The maximum atomic E-state index is 12.4. The van der Waals surface area contributed by atoms with E-state index >= 15 is 0 Å². The van der Waals surface area contributed by atoms with Crippen molar-refractivity contribution in [3.63, 3.8) is 0 Å². The first kappa shape index (κ1) is 13.9. The maximum absolute atomic E-state index is 12.4. The molecule has 0 fully saturated rings. The number of benzene rings is 1. The number of unbranched alkanes of at least 4 members (excludes halogenated alkanes) is 1. The average molecular weight is 288 g/mol. The lowest BCUT2D eigenvalue weighted by molar-refractivity contribution is -0.125. The van der Waals surface area contributed by atoms with Crippen LogP contribution in [0.2, 0.25) is 0 Å². The van der Waals surface area contributed by atoms with E-state index in [1.54, 1.807) is 0 Å². The number of fused-ring (bicyclic) bond motifs is 3. The molecule has 1 aliphatic heterocycles. The van der Waals surface area contributed by atoms with Crippen LogP contribution in [0, 0.1) is 0 Å². The van der Waals surface area contributed by atoms with E-state index in [0.29, 0.717) is 18.9 Å². The summed E-state index contributed by atoms with van der Waals surface area (Å²) in [7, 11) is 0. The Bertz CT molecular complexity index is 652. The Morgan fingerprint density at radius 1 is 1.52 bits per heavy atom. The molecule has 0 saturated carbocycles. The lowest BCUT2D eigenvalue weighted by Gasteiger charge is -2.29. The van der Waals surface area contributed by atoms with Crippen LogP contribution >= 0.6 is 0 Å². The molecule has 6 heteroatoms. The first-order chi connectivity index (χ1) is 10.2. The fourth-order valence-electron chi connectivity index (χ4n) is 2.72. The lowest BCUT2D eigenvalue weighted by Crippen LogP contribution is -2.40. The van der Waals surface area contributed by atoms with Crippen LogP contribution in [0.5, 0.6) is 0 Å². The smallest absolute Gasteiger partial charge is 0.243 e. The molecule has 2 aromatic rings. The Balaban J connectivity index is 1.94. The highest BCUT2D eigenvalue weighted by molar-refractivity contribution is 5.86. The summed E-state index contributed by atoms with van der Waals surface area (Å²) in [5.74, 6) is 0.485. The van der Waals surface area contributed by atoms with Gasteiger partial charge in [0.1, 0.15) is 12.3 Å². The van der Waals surface area contributed by atoms with E-state index in [4.69, 9.17) is 0 Å². The summed E-state index contributed by atoms with van der Waals surface area (Å²) in [4.78, 5) is 16.9. The fourth-order valence-corrected chi connectivity index (χ4v) is 2.72. The molecular weight excluding hydrogens is 268 g/mol. The van der Waals surface area contributed by atoms with Gasteiger partial charge in [0.05, 0.1) is 11.0 Å². The number of nitrogens with one attached hydrogen (secondary N) is 2. The maximum Gasteiger partial charge on any atom is 0.243 e. The van der Waals surface area contributed by atoms with Gasteiger partial charge < -0.3 is 15.7 Å². The number of anilines is 1. The summed E-state index contributed by atoms with van der Waals surface area (Å²) in [6, 6.07) is 7.25. The number of imidazole rings is 1. The van der Waals surface area contributed by atoms with E-state index in [0.717, 1.165) is 23.9 Å². The summed E-state index contributed by atoms with van der Waals surface area (Å²) in [6.45, 7) is 2.75. The van der Waals surface area contributed by atoms with Gasteiger partial charge in [0, 0.05) is 13.0 Å². The van der Waals surface area contributed by atoms with Crippen molar-refractivity contribution in [1.82, 2.24) is 14.9 Å². The summed E-state index contributed by atoms with van der Waals surface area (Å²) < 4.78 is 1.88. The van der Waals surface area contributed by atoms with Crippen LogP contribution in [0.15, 0.2) is 24.3 Å². The number of carbonyl (C=O) groups excluding carboxylic acids is 1. The fraction of sp³-hybridized carbons (Fsp3) is 0.467. The van der Waals surface area contributed by atoms with Crippen molar-refractivity contribution in [2.45, 2.75) is 38.5 Å². The highest BCUT2D eigenvalue weighted by Crippen LogP contribution is 2.31. The van der Waals surface area contributed by atoms with Crippen LogP contribution in [0.25, 0.3) is 11.0 Å². The number of hydrogen-bond donors (Lipinski definition) is 3. The molecule has 21 heavy (non-hydrogen) atoms. The largest absolute Gasteiger partial charge is 0.374 e. The first-order valence-corrected chi connectivity index (χ1v) is 7.40. The highest BCUT2D eigenvalue weighted by Gasteiger charge is 2.32. The average Bonchev–Trinajstić information content (AvgIpc) is 2.84. The Hall–Kier alpha value is -2.08. The molecule has 3 N–H and O–H groups in total. The van der Waals surface area contributed by atoms with Gasteiger partial charge in [-0.3, -0.25) is 9.36 Å². The molecule has 0 spiro atoms. The van der Waals surface area contributed by atoms with Gasteiger partial charge in [0.2, 0.25) is 11.9 Å². The lowest BCUT2D eigenvalue weighted by atomic mass is 10.1. The SMILES string of the molecule is CCCCNC(=O)[C@H]1C[C@H](O)Nc2nc3ccccc3n21. The van der Waals surface area contributed by atoms with Gasteiger partial charge in [0.25, 0.3) is 0 Å². The number of aliphatic hydroxyl groups excluding tert-OH is 1. The molecule has 0 bridgehead atoms. The van der Waals surface area contributed by atoms with Gasteiger partial charge in [-0.1, -0.05) is 25.5 Å². The summed E-state index contributed by atoms with van der Waals surface area (Å²) >= 11 is 0. The van der Waals surface area contributed by atoms with E-state index in [-0.39, 0.29) is 5.91 Å². The minimum atomic E-state index is -0.753. The first-order valence-electron chi connectivity index (χ1n) is 7.40. The third kappa shape index (κ3) is 2.58. The normalized spacial score (nSPS) is 20.9. The molecule has 0 saturated heterocycles. The minimum absolute atomic E-state index is 0.0617. The highest BCUT2D eigenvalue weighted by atomic mass is 16.3. The standard InChI is InChI=1S/C15H20N4O2/c1-2-3-8-16-14(21)12-9-13(20)18-15-17-10-6-4-5-7-11(10)19(12)15/h4-7,12-13,20H,2-3,8-9H2,1H3,(H,16,21)(H,17,18)/t12-,13+/m1/s1. The molecule has 1 aliphatic rings. The Labute approximate surface area is 123 Å². The number of carbonyl (C=O) groups is 1. The number of rotatable bonds is 4. The van der Waals surface area contributed by atoms with Crippen molar-refractivity contribution < 1.29 is 9.90 Å². The van der Waals surface area contributed by atoms with Crippen LogP contribution in [-0.2, 0) is 4.79 Å². The molecule has 0 unspecified atom stereocenters. The second-order valence-corrected chi connectivity index (χ2v) is 5.35. The molecule has 0 radical (unpaired) electrons. The van der Waals surface area contributed by atoms with Gasteiger partial charge in [-0.2, -0.15) is 0 Å². The molecule has 1 amide bonds. The molecule has 2 heterocycles. The van der Waals surface area contributed by atoms with Crippen LogP contribution < -0.4 is 10.6 Å². The second-order valence-electron chi connectivity index (χ2n) is 5.35. The number of hydrogen-bond acceptors (Lipinski definition) is 4. The molecule has 3 rings (SSSR count). The summed E-state index contributed by atoms with van der Waals surface area (Å²) in [5.41, 5.74) is 1.72. The monoisotopic (exact) mass is 288 g/mol. The number of amides is 1. The van der Waals surface area contributed by atoms with E-state index in [9.17, 15) is 9.90 Å². The predicted molar refractivity (Wildman–Crippen MR) is 80.9 cm³/mol. The number of nitrogens with zero attached hydrogens (tertiary/aromatic N) is 2. The zero-order valence-corrected chi connectivity index (χ0v) is 12.0. The van der Waals surface area contributed by atoms with Crippen molar-refractivity contribution in [3.05, 3.63) is 24.3 Å². The number of aliphatic hydroxyl groups is 1. The van der Waals surface area contributed by atoms with Crippen molar-refractivity contribution in [2.24, 2.45) is 0 Å². The van der Waals surface area contributed by atoms with Gasteiger partial charge in [0.15, 0.2) is 0 Å². The van der Waals surface area contributed by atoms with Crippen LogP contribution in [0.4, 0.5) is 5.95 Å². The Morgan fingerprint density at radius 3 is 3.14 bits per heavy atom. The molecule has 6 nitrogen and oxygen atoms in total. The van der Waals surface area contributed by atoms with Gasteiger partial charge in [-0.05, 0) is 18.6 Å². The van der Waals surface area contributed by atoms with Crippen molar-refractivity contribution in [1.29, 1.82) is 0 Å². The summed E-state index contributed by atoms with van der Waals surface area (Å²) in [5, 5.41) is 15.8. The Kier molecular flexibility index (Phi) is 3.79. The molecule has 1 aromatic carbocycles. The van der Waals surface area contributed by atoms with E-state index in [1.807, 2.05) is 28.8 Å². The topological polar surface area (TPSA) is 79.2 Å². The third-order valence-corrected chi connectivity index (χ3v) is 3.78. The number of aromatic nitrogens is 2. The van der Waals surface area contributed by atoms with Crippen molar-refractivity contribution in [3.8, 4) is 0 Å². The quantitative estimate of drug-likeness (QED) is 0.747. The molecule has 1 aromatic heterocycles. The van der Waals surface area contributed by atoms with Crippen molar-refractivity contribution in [2.75, 3.05) is 11.9 Å². The minimum Gasteiger partial charge on any atom is -0.374 e. The van der Waals surface area contributed by atoms with Crippen LogP contribution in [-0.4, -0.2) is 33.3 Å². The predicted octanol–water partition coefficient (Wildman–Crippen LogP) is 1.63. The second kappa shape index (κ2) is 5.73. The zero-order chi connectivity index (χ0) is 14.8. The third-order valence-electron chi connectivity index (χ3n) is 3.78. The van der Waals surface area contributed by atoms with Gasteiger partial charge in [-0.25, -0.2) is 4.98 Å². The molecule has 112 valence electrons. The molecule has 2 atom stereocenters. The van der Waals surface area contributed by atoms with E-state index < -0.39 is 12.3 Å². The van der Waals surface area contributed by atoms with Gasteiger partial charge in [-0.15, -0.1) is 0 Å². The molecule has 0 aliphatic carbocycles. The van der Waals surface area contributed by atoms with Crippen molar-refractivity contribution >= 4 is 22.9 Å². The van der Waals surface area contributed by atoms with Crippen LogP contribution in [0.1, 0.15) is 32.2 Å². The zero-order valence-electron chi connectivity index (χ0n) is 12.0. The van der Waals surface area contributed by atoms with Crippen LogP contribution in [0.3, 0.4) is 0 Å². The summed E-state index contributed by atoms with van der Waals surface area (Å²) in [6.07, 6.45) is 1.58. The molecular formula is C15H20N4O2. The van der Waals surface area contributed by atoms with E-state index in [1.165, 1.54) is 0 Å². The Morgan fingerprint density at radius 2 is 2.33 bits per heavy atom.